The number of rotatable bonds is 3. The fourth-order valence-electron chi connectivity index (χ4n) is 4.28. The Labute approximate surface area is 168 Å². The summed E-state index contributed by atoms with van der Waals surface area (Å²) in [7, 11) is 1.89. The van der Waals surface area contributed by atoms with Crippen molar-refractivity contribution in [2.75, 3.05) is 11.9 Å². The molecule has 4 aromatic rings. The lowest BCUT2D eigenvalue weighted by Gasteiger charge is -2.07. The number of hydrogen-bond donors (Lipinski definition) is 3. The average molecular weight is 388 g/mol. The fraction of sp³-hybridized carbons (Fsp3) is 0.318. The number of carbonyl (C=O) groups is 1. The number of benzene rings is 1. The number of aromatic nitrogens is 4. The van der Waals surface area contributed by atoms with E-state index in [1.54, 1.807) is 4.68 Å². The number of nitrogens with one attached hydrogen (secondary N) is 3. The minimum Gasteiger partial charge on any atom is -0.357 e. The van der Waals surface area contributed by atoms with Crippen molar-refractivity contribution in [3.8, 4) is 0 Å². The predicted molar refractivity (Wildman–Crippen MR) is 114 cm³/mol. The lowest BCUT2D eigenvalue weighted by Crippen LogP contribution is -2.13. The van der Waals surface area contributed by atoms with Gasteiger partial charge in [0.15, 0.2) is 0 Å². The molecule has 1 aliphatic heterocycles. The minimum absolute atomic E-state index is 0.179. The molecule has 0 radical (unpaired) electrons. The Morgan fingerprint density at radius 3 is 2.83 bits per heavy atom. The molecule has 1 aliphatic rings. The minimum atomic E-state index is -0.179. The second-order valence-electron chi connectivity index (χ2n) is 7.82. The molecule has 7 nitrogen and oxygen atoms in total. The van der Waals surface area contributed by atoms with E-state index in [2.05, 4.69) is 31.8 Å². The molecule has 0 bridgehead atoms. The third kappa shape index (κ3) is 3.07. The first-order valence-electron chi connectivity index (χ1n) is 9.98. The van der Waals surface area contributed by atoms with Crippen LogP contribution < -0.4 is 10.6 Å². The Morgan fingerprint density at radius 2 is 2.03 bits per heavy atom. The number of nitrogens with zero attached hydrogens (tertiary/aromatic N) is 3. The Morgan fingerprint density at radius 1 is 1.17 bits per heavy atom. The number of amides is 1. The van der Waals surface area contributed by atoms with Crippen LogP contribution in [0.2, 0.25) is 0 Å². The van der Waals surface area contributed by atoms with Crippen LogP contribution in [0.25, 0.3) is 21.8 Å². The molecule has 0 aliphatic carbocycles. The molecular formula is C22H24N6O. The number of H-pyrrole nitrogens is 1. The van der Waals surface area contributed by atoms with Crippen LogP contribution in [0.1, 0.15) is 46.3 Å². The first kappa shape index (κ1) is 17.9. The number of pyridine rings is 1. The van der Waals surface area contributed by atoms with Crippen molar-refractivity contribution in [1.29, 1.82) is 0 Å². The lowest BCUT2D eigenvalue weighted by molar-refractivity contribution is 0.102. The Balaban J connectivity index is 1.44. The lowest BCUT2D eigenvalue weighted by atomic mass is 10.1. The molecule has 0 saturated carbocycles. The quantitative estimate of drug-likeness (QED) is 0.499. The molecule has 1 amide bonds. The topological polar surface area (TPSA) is 87.6 Å². The van der Waals surface area contributed by atoms with Crippen molar-refractivity contribution in [1.82, 2.24) is 25.1 Å². The van der Waals surface area contributed by atoms with Gasteiger partial charge in [-0.15, -0.1) is 0 Å². The van der Waals surface area contributed by atoms with E-state index in [9.17, 15) is 4.79 Å². The van der Waals surface area contributed by atoms with E-state index >= 15 is 0 Å². The Hall–Kier alpha value is -3.19. The number of carbonyl (C=O) groups excluding carboxylic acids is 1. The normalized spacial score (nSPS) is 16.7. The molecule has 3 N–H and O–H groups in total. The van der Waals surface area contributed by atoms with Gasteiger partial charge in [-0.2, -0.15) is 5.10 Å². The molecule has 4 heterocycles. The van der Waals surface area contributed by atoms with Crippen LogP contribution in [0.15, 0.2) is 30.3 Å². The van der Waals surface area contributed by atoms with Gasteiger partial charge in [0.25, 0.3) is 5.91 Å². The molecular weight excluding hydrogens is 364 g/mol. The average Bonchev–Trinajstić information content (AvgIpc) is 3.41. The van der Waals surface area contributed by atoms with Gasteiger partial charge in [0, 0.05) is 46.9 Å². The van der Waals surface area contributed by atoms with E-state index in [4.69, 9.17) is 0 Å². The fourth-order valence-corrected chi connectivity index (χ4v) is 4.28. The Kier molecular flexibility index (Phi) is 4.13. The first-order chi connectivity index (χ1) is 14.0. The maximum Gasteiger partial charge on any atom is 0.256 e. The maximum absolute atomic E-state index is 12.8. The highest BCUT2D eigenvalue weighted by Gasteiger charge is 2.19. The summed E-state index contributed by atoms with van der Waals surface area (Å²) in [6, 6.07) is 10.1. The Bertz CT molecular complexity index is 1250. The summed E-state index contributed by atoms with van der Waals surface area (Å²) < 4.78 is 1.80. The van der Waals surface area contributed by atoms with Crippen LogP contribution >= 0.6 is 0 Å². The van der Waals surface area contributed by atoms with Crippen molar-refractivity contribution in [2.24, 2.45) is 7.05 Å². The van der Waals surface area contributed by atoms with Crippen LogP contribution in [0.3, 0.4) is 0 Å². The number of hydrogen-bond acceptors (Lipinski definition) is 4. The van der Waals surface area contributed by atoms with Crippen molar-refractivity contribution < 1.29 is 4.79 Å². The number of aromatic amines is 1. The van der Waals surface area contributed by atoms with Gasteiger partial charge in [0.2, 0.25) is 0 Å². The summed E-state index contributed by atoms with van der Waals surface area (Å²) in [5.41, 5.74) is 5.56. The molecule has 1 atom stereocenters. The highest BCUT2D eigenvalue weighted by Crippen LogP contribution is 2.28. The van der Waals surface area contributed by atoms with E-state index in [1.807, 2.05) is 45.2 Å². The molecule has 148 valence electrons. The van der Waals surface area contributed by atoms with E-state index in [0.29, 0.717) is 17.4 Å². The molecule has 1 aromatic carbocycles. The van der Waals surface area contributed by atoms with Gasteiger partial charge in [-0.1, -0.05) is 6.07 Å². The zero-order valence-electron chi connectivity index (χ0n) is 16.8. The second-order valence-corrected chi connectivity index (χ2v) is 7.82. The predicted octanol–water partition coefficient (Wildman–Crippen LogP) is 3.74. The van der Waals surface area contributed by atoms with Gasteiger partial charge in [0.1, 0.15) is 5.82 Å². The smallest absolute Gasteiger partial charge is 0.256 e. The molecule has 1 fully saturated rings. The van der Waals surface area contributed by atoms with Crippen molar-refractivity contribution in [3.05, 3.63) is 53.0 Å². The summed E-state index contributed by atoms with van der Waals surface area (Å²) >= 11 is 0. The summed E-state index contributed by atoms with van der Waals surface area (Å²) in [6.45, 7) is 5.00. The van der Waals surface area contributed by atoms with Crippen molar-refractivity contribution in [2.45, 2.75) is 32.7 Å². The molecule has 7 heteroatoms. The van der Waals surface area contributed by atoms with E-state index in [0.717, 1.165) is 46.2 Å². The van der Waals surface area contributed by atoms with Gasteiger partial charge in [-0.25, -0.2) is 4.98 Å². The van der Waals surface area contributed by atoms with Gasteiger partial charge in [-0.05, 0) is 51.4 Å². The SMILES string of the molecule is Cc1nc(NC(=O)c2ccc3c(C)nn(C)c3c2)cc2[nH]c([C@H]3CCCN3)cc12. The molecule has 1 saturated heterocycles. The van der Waals surface area contributed by atoms with Gasteiger partial charge in [-0.3, -0.25) is 9.48 Å². The zero-order valence-corrected chi connectivity index (χ0v) is 16.8. The largest absolute Gasteiger partial charge is 0.357 e. The van der Waals surface area contributed by atoms with E-state index < -0.39 is 0 Å². The third-order valence-electron chi connectivity index (χ3n) is 5.80. The van der Waals surface area contributed by atoms with Crippen molar-refractivity contribution >= 4 is 33.5 Å². The highest BCUT2D eigenvalue weighted by atomic mass is 16.1. The first-order valence-corrected chi connectivity index (χ1v) is 9.98. The summed E-state index contributed by atoms with van der Waals surface area (Å²) in [5.74, 6) is 0.371. The number of aryl methyl sites for hydroxylation is 3. The van der Waals surface area contributed by atoms with Gasteiger partial charge < -0.3 is 15.6 Å². The third-order valence-corrected chi connectivity index (χ3v) is 5.80. The summed E-state index contributed by atoms with van der Waals surface area (Å²) in [6.07, 6.45) is 2.33. The summed E-state index contributed by atoms with van der Waals surface area (Å²) in [4.78, 5) is 20.9. The number of anilines is 1. The van der Waals surface area contributed by atoms with Gasteiger partial charge in [0.05, 0.1) is 16.7 Å². The van der Waals surface area contributed by atoms with Crippen LogP contribution in [0.5, 0.6) is 0 Å². The van der Waals surface area contributed by atoms with Crippen molar-refractivity contribution in [3.63, 3.8) is 0 Å². The van der Waals surface area contributed by atoms with Gasteiger partial charge >= 0.3 is 0 Å². The highest BCUT2D eigenvalue weighted by molar-refractivity contribution is 6.06. The van der Waals surface area contributed by atoms with E-state index in [-0.39, 0.29) is 5.91 Å². The monoisotopic (exact) mass is 388 g/mol. The van der Waals surface area contributed by atoms with Crippen LogP contribution in [0.4, 0.5) is 5.82 Å². The van der Waals surface area contributed by atoms with Crippen LogP contribution in [-0.2, 0) is 7.05 Å². The molecule has 29 heavy (non-hydrogen) atoms. The molecule has 0 unspecified atom stereocenters. The van der Waals surface area contributed by atoms with Crippen LogP contribution in [-0.4, -0.2) is 32.2 Å². The summed E-state index contributed by atoms with van der Waals surface area (Å²) in [5, 5.41) is 13.0. The molecule has 0 spiro atoms. The molecule has 3 aromatic heterocycles. The second kappa shape index (κ2) is 6.70. The maximum atomic E-state index is 12.8. The zero-order chi connectivity index (χ0) is 20.1. The number of fused-ring (bicyclic) bond motifs is 2. The standard InChI is InChI=1S/C22H24N6O/c1-12-16-10-19(17-5-4-8-23-17)25-18(16)11-21(24-12)26-22(29)14-6-7-15-13(2)27-28(3)20(15)9-14/h6-7,9-11,17,23,25H,4-5,8H2,1-3H3,(H,24,26,29)/t17-/m1/s1. The molecule has 5 rings (SSSR count). The van der Waals surface area contributed by atoms with E-state index in [1.165, 1.54) is 12.1 Å². The van der Waals surface area contributed by atoms with Crippen LogP contribution in [0, 0.1) is 13.8 Å².